The van der Waals surface area contributed by atoms with Gasteiger partial charge in [-0.15, -0.1) is 24.0 Å². The average molecular weight is 281 g/mol. The summed E-state index contributed by atoms with van der Waals surface area (Å²) in [5.74, 6) is -1.07. The molecule has 80 valence electrons. The summed E-state index contributed by atoms with van der Waals surface area (Å²) >= 11 is 16.6. The Hall–Kier alpha value is -0.420. The maximum Gasteiger partial charge on any atom is 0.341 e. The lowest BCUT2D eigenvalue weighted by Gasteiger charge is -1.87. The van der Waals surface area contributed by atoms with Crippen LogP contribution in [0, 0.1) is 0 Å². The Labute approximate surface area is 106 Å². The van der Waals surface area contributed by atoms with Crippen LogP contribution in [0.4, 0.5) is 0 Å². The molecule has 1 aromatic rings. The SMILES string of the molecule is O=C(O)/C(S)=C/C=C/c1cc(Cl)sc1Cl. The second-order valence-corrected chi connectivity index (χ2v) is 5.26. The fourth-order valence-corrected chi connectivity index (χ4v) is 2.30. The predicted molar refractivity (Wildman–Crippen MR) is 68.1 cm³/mol. The standard InChI is InChI=1S/C9H6Cl2O2S2/c10-7-4-5(8(11)15-7)2-1-3-6(14)9(12)13/h1-4,14H,(H,12,13)/b2-1+,6-3-. The quantitative estimate of drug-likeness (QED) is 0.500. The minimum atomic E-state index is -1.07. The van der Waals surface area contributed by atoms with Gasteiger partial charge in [0, 0.05) is 5.56 Å². The monoisotopic (exact) mass is 280 g/mol. The fourth-order valence-electron chi connectivity index (χ4n) is 0.781. The van der Waals surface area contributed by atoms with E-state index in [0.717, 1.165) is 5.56 Å². The number of rotatable bonds is 3. The van der Waals surface area contributed by atoms with E-state index >= 15 is 0 Å². The molecule has 1 aromatic heterocycles. The maximum absolute atomic E-state index is 10.4. The number of allylic oxidation sites excluding steroid dienone is 2. The van der Waals surface area contributed by atoms with E-state index in [1.165, 1.54) is 17.4 Å². The molecule has 15 heavy (non-hydrogen) atoms. The molecule has 0 saturated carbocycles. The van der Waals surface area contributed by atoms with E-state index in [4.69, 9.17) is 28.3 Å². The number of carboxylic acids is 1. The van der Waals surface area contributed by atoms with Gasteiger partial charge in [0.05, 0.1) is 9.24 Å². The van der Waals surface area contributed by atoms with Crippen molar-refractivity contribution >= 4 is 59.2 Å². The van der Waals surface area contributed by atoms with Gasteiger partial charge < -0.3 is 5.11 Å². The van der Waals surface area contributed by atoms with Crippen LogP contribution in [0.15, 0.2) is 23.1 Å². The number of thiophene rings is 1. The Balaban J connectivity index is 2.78. The van der Waals surface area contributed by atoms with Gasteiger partial charge in [-0.3, -0.25) is 0 Å². The second-order valence-electron chi connectivity index (χ2n) is 2.50. The average Bonchev–Trinajstić information content (AvgIpc) is 2.45. The van der Waals surface area contributed by atoms with E-state index < -0.39 is 5.97 Å². The lowest BCUT2D eigenvalue weighted by Crippen LogP contribution is -1.92. The summed E-state index contributed by atoms with van der Waals surface area (Å²) in [6.07, 6.45) is 4.60. The zero-order valence-electron chi connectivity index (χ0n) is 7.28. The summed E-state index contributed by atoms with van der Waals surface area (Å²) in [5, 5.41) is 8.51. The minimum Gasteiger partial charge on any atom is -0.477 e. The molecule has 0 spiro atoms. The molecule has 2 nitrogen and oxygen atoms in total. The maximum atomic E-state index is 10.4. The number of hydrogen-bond acceptors (Lipinski definition) is 3. The molecule has 0 aliphatic rings. The molecule has 0 aliphatic carbocycles. The van der Waals surface area contributed by atoms with Crippen LogP contribution < -0.4 is 0 Å². The Kier molecular flexibility index (Phi) is 4.73. The number of carboxylic acid groups (broad SMARTS) is 1. The van der Waals surface area contributed by atoms with Gasteiger partial charge in [0.25, 0.3) is 0 Å². The molecule has 0 aromatic carbocycles. The third-order valence-corrected chi connectivity index (χ3v) is 3.29. The lowest BCUT2D eigenvalue weighted by molar-refractivity contribution is -0.131. The van der Waals surface area contributed by atoms with Crippen LogP contribution in [0.25, 0.3) is 6.08 Å². The van der Waals surface area contributed by atoms with Crippen molar-refractivity contribution in [1.29, 1.82) is 0 Å². The first-order valence-corrected chi connectivity index (χ1v) is 5.78. The lowest BCUT2D eigenvalue weighted by atomic mass is 10.3. The van der Waals surface area contributed by atoms with Crippen molar-refractivity contribution in [3.63, 3.8) is 0 Å². The number of thiol groups is 1. The van der Waals surface area contributed by atoms with Gasteiger partial charge in [-0.05, 0) is 12.1 Å². The smallest absolute Gasteiger partial charge is 0.341 e. The first-order valence-electron chi connectivity index (χ1n) is 3.76. The van der Waals surface area contributed by atoms with Crippen molar-refractivity contribution < 1.29 is 9.90 Å². The van der Waals surface area contributed by atoms with E-state index in [-0.39, 0.29) is 4.91 Å². The molecule has 0 amide bonds. The van der Waals surface area contributed by atoms with Gasteiger partial charge in [-0.2, -0.15) is 0 Å². The molecule has 0 atom stereocenters. The van der Waals surface area contributed by atoms with Crippen LogP contribution in [0.2, 0.25) is 8.67 Å². The Morgan fingerprint density at radius 2 is 2.20 bits per heavy atom. The number of halogens is 2. The Bertz CT molecular complexity index is 435. The molecule has 6 heteroatoms. The second kappa shape index (κ2) is 5.61. The summed E-state index contributed by atoms with van der Waals surface area (Å²) in [6, 6.07) is 1.71. The van der Waals surface area contributed by atoms with Crippen LogP contribution in [-0.2, 0) is 4.79 Å². The van der Waals surface area contributed by atoms with Gasteiger partial charge in [0.2, 0.25) is 0 Å². The summed E-state index contributed by atoms with van der Waals surface area (Å²) in [6.45, 7) is 0. The molecule has 0 radical (unpaired) electrons. The van der Waals surface area contributed by atoms with E-state index in [9.17, 15) is 4.79 Å². The fraction of sp³-hybridized carbons (Fsp3) is 0. The predicted octanol–water partition coefficient (Wildman–Crippen LogP) is 3.97. The molecule has 0 fully saturated rings. The van der Waals surface area contributed by atoms with Crippen molar-refractivity contribution in [2.24, 2.45) is 0 Å². The molecule has 0 aliphatic heterocycles. The molecule has 1 N–H and O–H groups in total. The van der Waals surface area contributed by atoms with Crippen LogP contribution >= 0.6 is 47.2 Å². The van der Waals surface area contributed by atoms with Crippen molar-refractivity contribution in [1.82, 2.24) is 0 Å². The van der Waals surface area contributed by atoms with E-state index in [1.54, 1.807) is 18.2 Å². The normalized spacial score (nSPS) is 12.3. The molecular weight excluding hydrogens is 275 g/mol. The van der Waals surface area contributed by atoms with Crippen molar-refractivity contribution in [2.45, 2.75) is 0 Å². The van der Waals surface area contributed by atoms with Crippen molar-refractivity contribution in [3.8, 4) is 0 Å². The Morgan fingerprint density at radius 1 is 1.53 bits per heavy atom. The highest BCUT2D eigenvalue weighted by atomic mass is 35.5. The molecule has 0 bridgehead atoms. The third-order valence-electron chi connectivity index (χ3n) is 1.43. The van der Waals surface area contributed by atoms with Gasteiger partial charge >= 0.3 is 5.97 Å². The van der Waals surface area contributed by atoms with Crippen LogP contribution in [-0.4, -0.2) is 11.1 Å². The largest absolute Gasteiger partial charge is 0.477 e. The van der Waals surface area contributed by atoms with Gasteiger partial charge in [0.1, 0.15) is 4.34 Å². The number of hydrogen-bond donors (Lipinski definition) is 2. The Morgan fingerprint density at radius 3 is 2.67 bits per heavy atom. The number of carbonyl (C=O) groups is 1. The van der Waals surface area contributed by atoms with E-state index in [0.29, 0.717) is 8.67 Å². The van der Waals surface area contributed by atoms with Gasteiger partial charge in [-0.25, -0.2) is 4.79 Å². The van der Waals surface area contributed by atoms with Crippen LogP contribution in [0.3, 0.4) is 0 Å². The van der Waals surface area contributed by atoms with Crippen LogP contribution in [0.1, 0.15) is 5.56 Å². The van der Waals surface area contributed by atoms with Crippen molar-refractivity contribution in [3.05, 3.63) is 37.4 Å². The zero-order chi connectivity index (χ0) is 11.4. The molecule has 0 unspecified atom stereocenters. The molecular formula is C9H6Cl2O2S2. The summed E-state index contributed by atoms with van der Waals surface area (Å²) < 4.78 is 1.16. The summed E-state index contributed by atoms with van der Waals surface area (Å²) in [5.41, 5.74) is 0.759. The highest BCUT2D eigenvalue weighted by Crippen LogP contribution is 2.31. The van der Waals surface area contributed by atoms with E-state index in [2.05, 4.69) is 12.6 Å². The highest BCUT2D eigenvalue weighted by Gasteiger charge is 2.02. The topological polar surface area (TPSA) is 37.3 Å². The first kappa shape index (κ1) is 12.6. The van der Waals surface area contributed by atoms with Gasteiger partial charge in [0.15, 0.2) is 0 Å². The van der Waals surface area contributed by atoms with E-state index in [1.807, 2.05) is 0 Å². The first-order chi connectivity index (χ1) is 7.00. The van der Waals surface area contributed by atoms with Gasteiger partial charge in [-0.1, -0.05) is 35.4 Å². The summed E-state index contributed by atoms with van der Waals surface area (Å²) in [7, 11) is 0. The number of aliphatic carboxylic acids is 1. The van der Waals surface area contributed by atoms with Crippen LogP contribution in [0.5, 0.6) is 0 Å². The van der Waals surface area contributed by atoms with Crippen molar-refractivity contribution in [2.75, 3.05) is 0 Å². The summed E-state index contributed by atoms with van der Waals surface area (Å²) in [4.78, 5) is 10.4. The third kappa shape index (κ3) is 3.91. The molecule has 1 rings (SSSR count). The molecule has 1 heterocycles. The minimum absolute atomic E-state index is 0.0382. The highest BCUT2D eigenvalue weighted by molar-refractivity contribution is 7.85. The molecule has 0 saturated heterocycles. The zero-order valence-corrected chi connectivity index (χ0v) is 10.5.